The molecule has 0 saturated carbocycles. The molecule has 0 spiro atoms. The van der Waals surface area contributed by atoms with Crippen LogP contribution in [0.5, 0.6) is 0 Å². The van der Waals surface area contributed by atoms with Gasteiger partial charge in [-0.1, -0.05) is 36.4 Å². The topological polar surface area (TPSA) is 86.6 Å². The van der Waals surface area contributed by atoms with E-state index in [0.717, 1.165) is 31.7 Å². The molecule has 0 unspecified atom stereocenters. The summed E-state index contributed by atoms with van der Waals surface area (Å²) in [6, 6.07) is 10.6. The summed E-state index contributed by atoms with van der Waals surface area (Å²) in [6.45, 7) is 1.03. The molecule has 0 aliphatic rings. The molecule has 0 bridgehead atoms. The van der Waals surface area contributed by atoms with Gasteiger partial charge in [-0.2, -0.15) is 0 Å². The van der Waals surface area contributed by atoms with E-state index in [-0.39, 0.29) is 0 Å². The van der Waals surface area contributed by atoms with E-state index in [9.17, 15) is 0 Å². The molecule has 5 nitrogen and oxygen atoms in total. The van der Waals surface area contributed by atoms with Gasteiger partial charge in [-0.05, 0) is 44.0 Å². The first-order valence-electron chi connectivity index (χ1n) is 6.94. The van der Waals surface area contributed by atoms with Crippen molar-refractivity contribution in [1.82, 2.24) is 5.32 Å². The van der Waals surface area contributed by atoms with Gasteiger partial charge in [0.15, 0.2) is 0 Å². The van der Waals surface area contributed by atoms with Gasteiger partial charge in [0.1, 0.15) is 0 Å². The lowest BCUT2D eigenvalue weighted by molar-refractivity contribution is -0.159. The van der Waals surface area contributed by atoms with Gasteiger partial charge in [-0.15, -0.1) is 11.6 Å². The van der Waals surface area contributed by atoms with E-state index in [4.69, 9.17) is 31.4 Å². The van der Waals surface area contributed by atoms with Crippen LogP contribution in [0.1, 0.15) is 24.8 Å². The lowest BCUT2D eigenvalue weighted by Crippen LogP contribution is -2.09. The molecule has 0 amide bonds. The van der Waals surface area contributed by atoms with Crippen molar-refractivity contribution < 1.29 is 19.8 Å². The van der Waals surface area contributed by atoms with Crippen molar-refractivity contribution in [2.45, 2.75) is 19.3 Å². The van der Waals surface area contributed by atoms with Crippen molar-refractivity contribution >= 4 is 29.1 Å². The minimum absolute atomic E-state index is 0.732. The Morgan fingerprint density at radius 2 is 1.77 bits per heavy atom. The van der Waals surface area contributed by atoms with Crippen molar-refractivity contribution in [2.75, 3.05) is 19.5 Å². The van der Waals surface area contributed by atoms with E-state index in [2.05, 4.69) is 41.7 Å². The van der Waals surface area contributed by atoms with Gasteiger partial charge in [-0.3, -0.25) is 0 Å². The predicted molar refractivity (Wildman–Crippen MR) is 88.2 cm³/mol. The summed E-state index contributed by atoms with van der Waals surface area (Å²) in [5.74, 6) is -2.92. The van der Waals surface area contributed by atoms with E-state index in [1.54, 1.807) is 0 Å². The molecule has 0 aliphatic heterocycles. The zero-order chi connectivity index (χ0) is 16.8. The third-order valence-electron chi connectivity index (χ3n) is 2.69. The molecule has 0 fully saturated rings. The smallest absolute Gasteiger partial charge is 0.414 e. The van der Waals surface area contributed by atoms with Crippen LogP contribution in [0, 0.1) is 0 Å². The molecule has 22 heavy (non-hydrogen) atoms. The number of aliphatic carboxylic acids is 2. The Kier molecular flexibility index (Phi) is 11.8. The largest absolute Gasteiger partial charge is 0.473 e. The first-order chi connectivity index (χ1) is 10.5. The van der Waals surface area contributed by atoms with Crippen LogP contribution in [-0.2, 0) is 9.59 Å². The summed E-state index contributed by atoms with van der Waals surface area (Å²) in [7, 11) is 1.98. The molecular formula is C16H22ClNO4. The standard InChI is InChI=1S/C14H20ClN.C2H2O4/c1-16-12-6-10-14(9-5-11-15)13-7-3-2-4-8-13;3-1(4)2(5)6/h2-4,7-8,10,16H,5-6,9,11-12H2,1H3;(H,3,4)(H,5,6). The van der Waals surface area contributed by atoms with Crippen LogP contribution in [0.3, 0.4) is 0 Å². The van der Waals surface area contributed by atoms with Crippen LogP contribution in [0.15, 0.2) is 36.4 Å². The Morgan fingerprint density at radius 1 is 1.18 bits per heavy atom. The maximum Gasteiger partial charge on any atom is 0.414 e. The fourth-order valence-corrected chi connectivity index (χ4v) is 1.80. The molecule has 0 saturated heterocycles. The number of nitrogens with one attached hydrogen (secondary N) is 1. The second-order valence-electron chi connectivity index (χ2n) is 4.39. The maximum atomic E-state index is 9.10. The van der Waals surface area contributed by atoms with E-state index in [0.29, 0.717) is 0 Å². The quantitative estimate of drug-likeness (QED) is 0.407. The Bertz CT molecular complexity index is 462. The van der Waals surface area contributed by atoms with Crippen molar-refractivity contribution in [3.63, 3.8) is 0 Å². The fourth-order valence-electron chi connectivity index (χ4n) is 1.66. The van der Waals surface area contributed by atoms with Crippen LogP contribution >= 0.6 is 11.6 Å². The number of hydrogen-bond acceptors (Lipinski definition) is 3. The molecule has 0 atom stereocenters. The van der Waals surface area contributed by atoms with E-state index in [1.807, 2.05) is 7.05 Å². The molecule has 3 N–H and O–H groups in total. The third-order valence-corrected chi connectivity index (χ3v) is 2.96. The average Bonchev–Trinajstić information content (AvgIpc) is 2.52. The average molecular weight is 328 g/mol. The highest BCUT2D eigenvalue weighted by Crippen LogP contribution is 2.20. The van der Waals surface area contributed by atoms with Crippen LogP contribution in [-0.4, -0.2) is 41.6 Å². The van der Waals surface area contributed by atoms with Crippen LogP contribution in [0.4, 0.5) is 0 Å². The number of carboxylic acids is 2. The summed E-state index contributed by atoms with van der Waals surface area (Å²) >= 11 is 5.75. The van der Waals surface area contributed by atoms with Crippen molar-refractivity contribution in [2.24, 2.45) is 0 Å². The number of allylic oxidation sites excluding steroid dienone is 1. The van der Waals surface area contributed by atoms with Gasteiger partial charge in [0.2, 0.25) is 0 Å². The van der Waals surface area contributed by atoms with Crippen LogP contribution < -0.4 is 5.32 Å². The second-order valence-corrected chi connectivity index (χ2v) is 4.77. The molecule has 1 rings (SSSR count). The number of alkyl halides is 1. The van der Waals surface area contributed by atoms with Gasteiger partial charge in [0.05, 0.1) is 0 Å². The van der Waals surface area contributed by atoms with Crippen molar-refractivity contribution in [1.29, 1.82) is 0 Å². The summed E-state index contributed by atoms with van der Waals surface area (Å²) in [5, 5.41) is 17.9. The SMILES string of the molecule is CNCCC=C(CCCCl)c1ccccc1.O=C(O)C(=O)O. The monoisotopic (exact) mass is 327 g/mol. The number of rotatable bonds is 7. The van der Waals surface area contributed by atoms with Crippen molar-refractivity contribution in [3.05, 3.63) is 42.0 Å². The highest BCUT2D eigenvalue weighted by atomic mass is 35.5. The van der Waals surface area contributed by atoms with Gasteiger partial charge in [-0.25, -0.2) is 9.59 Å². The maximum absolute atomic E-state index is 9.10. The first-order valence-corrected chi connectivity index (χ1v) is 7.47. The summed E-state index contributed by atoms with van der Waals surface area (Å²) < 4.78 is 0. The molecule has 6 heteroatoms. The Labute approximate surface area is 135 Å². The lowest BCUT2D eigenvalue weighted by atomic mass is 10.0. The summed E-state index contributed by atoms with van der Waals surface area (Å²) in [6.07, 6.45) is 5.50. The Hall–Kier alpha value is -1.85. The second kappa shape index (κ2) is 12.9. The fraction of sp³-hybridized carbons (Fsp3) is 0.375. The molecule has 0 aromatic heterocycles. The molecule has 1 aromatic carbocycles. The van der Waals surface area contributed by atoms with Crippen molar-refractivity contribution in [3.8, 4) is 0 Å². The Balaban J connectivity index is 0.000000626. The van der Waals surface area contributed by atoms with Crippen LogP contribution in [0.2, 0.25) is 0 Å². The minimum atomic E-state index is -1.82. The summed E-state index contributed by atoms with van der Waals surface area (Å²) in [4.78, 5) is 18.2. The lowest BCUT2D eigenvalue weighted by Gasteiger charge is -2.07. The molecular weight excluding hydrogens is 306 g/mol. The highest BCUT2D eigenvalue weighted by Gasteiger charge is 2.04. The Morgan fingerprint density at radius 3 is 2.23 bits per heavy atom. The van der Waals surface area contributed by atoms with Crippen LogP contribution in [0.25, 0.3) is 5.57 Å². The first kappa shape index (κ1) is 20.1. The number of carboxylic acid groups (broad SMARTS) is 2. The van der Waals surface area contributed by atoms with E-state index in [1.165, 1.54) is 11.1 Å². The van der Waals surface area contributed by atoms with Gasteiger partial charge in [0.25, 0.3) is 0 Å². The minimum Gasteiger partial charge on any atom is -0.473 e. The summed E-state index contributed by atoms with van der Waals surface area (Å²) in [5.41, 5.74) is 2.74. The molecule has 0 radical (unpaired) electrons. The molecule has 122 valence electrons. The van der Waals surface area contributed by atoms with Gasteiger partial charge in [0, 0.05) is 5.88 Å². The third kappa shape index (κ3) is 9.96. The molecule has 1 aromatic rings. The normalized spacial score (nSPS) is 10.5. The molecule has 0 aliphatic carbocycles. The number of carbonyl (C=O) groups is 2. The number of halogens is 1. The van der Waals surface area contributed by atoms with Gasteiger partial charge < -0.3 is 15.5 Å². The highest BCUT2D eigenvalue weighted by molar-refractivity contribution is 6.27. The predicted octanol–water partition coefficient (Wildman–Crippen LogP) is 2.85. The number of hydrogen-bond donors (Lipinski definition) is 3. The van der Waals surface area contributed by atoms with Gasteiger partial charge >= 0.3 is 11.9 Å². The molecule has 0 heterocycles. The van der Waals surface area contributed by atoms with E-state index < -0.39 is 11.9 Å². The van der Waals surface area contributed by atoms with E-state index >= 15 is 0 Å². The zero-order valence-electron chi connectivity index (χ0n) is 12.6. The zero-order valence-corrected chi connectivity index (χ0v) is 13.3. The number of benzene rings is 1.